The van der Waals surface area contributed by atoms with Gasteiger partial charge in [-0.15, -0.1) is 0 Å². The van der Waals surface area contributed by atoms with Crippen LogP contribution in [0.5, 0.6) is 0 Å². The summed E-state index contributed by atoms with van der Waals surface area (Å²) in [5.74, 6) is 1.35. The standard InChI is InChI=1S/C23H31N5O5S/c29-12-9-24-22(30)25-18-5-3-17(4-6-18)21-26-19(23(16-34(31)32)7-1-2-8-23)15-20(27-21)28-10-13-33-14-11-28/h3-6,15,29H,1-2,7-14,16H2,(H,31,32)(H2,24,25,30)/p-1. The van der Waals surface area contributed by atoms with Crippen LogP contribution >= 0.6 is 0 Å². The molecule has 2 amide bonds. The van der Waals surface area contributed by atoms with Crippen molar-refractivity contribution in [3.8, 4) is 11.4 Å². The Kier molecular flexibility index (Phi) is 8.09. The fourth-order valence-corrected chi connectivity index (χ4v) is 5.48. The Hall–Kier alpha value is -2.60. The Morgan fingerprint density at radius 3 is 2.53 bits per heavy atom. The van der Waals surface area contributed by atoms with Gasteiger partial charge in [0.1, 0.15) is 5.82 Å². The Labute approximate surface area is 201 Å². The molecule has 3 N–H and O–H groups in total. The summed E-state index contributed by atoms with van der Waals surface area (Å²) in [4.78, 5) is 23.7. The molecule has 1 aromatic carbocycles. The fraction of sp³-hybridized carbons (Fsp3) is 0.522. The summed E-state index contributed by atoms with van der Waals surface area (Å²) < 4.78 is 29.0. The number of ether oxygens (including phenoxy) is 1. The van der Waals surface area contributed by atoms with Gasteiger partial charge >= 0.3 is 6.03 Å². The lowest BCUT2D eigenvalue weighted by Gasteiger charge is -2.32. The van der Waals surface area contributed by atoms with Crippen LogP contribution in [0, 0.1) is 0 Å². The molecule has 0 radical (unpaired) electrons. The van der Waals surface area contributed by atoms with E-state index < -0.39 is 22.5 Å². The van der Waals surface area contributed by atoms with Crippen LogP contribution in [0.3, 0.4) is 0 Å². The van der Waals surface area contributed by atoms with Crippen LogP contribution in [-0.4, -0.2) is 75.1 Å². The largest absolute Gasteiger partial charge is 0.772 e. The number of rotatable bonds is 8. The number of benzene rings is 1. The van der Waals surface area contributed by atoms with E-state index in [1.807, 2.05) is 18.2 Å². The first-order valence-corrected chi connectivity index (χ1v) is 12.8. The number of urea groups is 1. The van der Waals surface area contributed by atoms with E-state index in [4.69, 9.17) is 19.8 Å². The monoisotopic (exact) mass is 488 g/mol. The zero-order valence-corrected chi connectivity index (χ0v) is 19.8. The number of hydrogen-bond acceptors (Lipinski definition) is 8. The molecule has 11 heteroatoms. The van der Waals surface area contributed by atoms with Crippen molar-refractivity contribution < 1.29 is 23.4 Å². The minimum Gasteiger partial charge on any atom is -0.772 e. The summed E-state index contributed by atoms with van der Waals surface area (Å²) in [6.07, 6.45) is 3.52. The van der Waals surface area contributed by atoms with Crippen LogP contribution in [-0.2, 0) is 21.2 Å². The van der Waals surface area contributed by atoms with E-state index in [0.29, 0.717) is 37.8 Å². The number of aromatic nitrogens is 2. The van der Waals surface area contributed by atoms with Gasteiger partial charge in [-0.05, 0) is 37.1 Å². The molecule has 0 spiro atoms. The summed E-state index contributed by atoms with van der Waals surface area (Å²) in [6, 6.07) is 8.73. The van der Waals surface area contributed by atoms with E-state index in [-0.39, 0.29) is 18.9 Å². The minimum absolute atomic E-state index is 0.0534. The molecule has 0 bridgehead atoms. The summed E-state index contributed by atoms with van der Waals surface area (Å²) in [5.41, 5.74) is 1.63. The molecule has 184 valence electrons. The Morgan fingerprint density at radius 2 is 1.88 bits per heavy atom. The molecule has 1 aliphatic carbocycles. The molecule has 1 aliphatic heterocycles. The maximum Gasteiger partial charge on any atom is 0.319 e. The summed E-state index contributed by atoms with van der Waals surface area (Å²) in [7, 11) is 0. The number of carbonyl (C=O) groups excluding carboxylic acids is 1. The molecule has 10 nitrogen and oxygen atoms in total. The SMILES string of the molecule is O=C(NCCO)Nc1ccc(-c2nc(N3CCOCC3)cc(C3(CS(=O)[O-])CCCC3)n2)cc1. The number of carbonyl (C=O) groups is 1. The molecule has 2 fully saturated rings. The molecular weight excluding hydrogens is 458 g/mol. The smallest absolute Gasteiger partial charge is 0.319 e. The van der Waals surface area contributed by atoms with Crippen molar-refractivity contribution in [2.75, 3.05) is 55.4 Å². The maximum absolute atomic E-state index is 11.8. The van der Waals surface area contributed by atoms with E-state index in [1.54, 1.807) is 12.1 Å². The van der Waals surface area contributed by atoms with Gasteiger partial charge in [-0.2, -0.15) is 0 Å². The molecule has 1 unspecified atom stereocenters. The highest BCUT2D eigenvalue weighted by Gasteiger charge is 2.38. The second-order valence-corrected chi connectivity index (χ2v) is 9.55. The van der Waals surface area contributed by atoms with Gasteiger partial charge in [0.2, 0.25) is 0 Å². The minimum atomic E-state index is -2.18. The van der Waals surface area contributed by atoms with Crippen molar-refractivity contribution in [2.24, 2.45) is 0 Å². The predicted octanol–water partition coefficient (Wildman–Crippen LogP) is 1.78. The van der Waals surface area contributed by atoms with Crippen LogP contribution in [0.2, 0.25) is 0 Å². The van der Waals surface area contributed by atoms with E-state index in [2.05, 4.69) is 15.5 Å². The van der Waals surface area contributed by atoms with Gasteiger partial charge in [-0.3, -0.25) is 4.21 Å². The Morgan fingerprint density at radius 1 is 1.18 bits per heavy atom. The summed E-state index contributed by atoms with van der Waals surface area (Å²) >= 11 is -2.18. The van der Waals surface area contributed by atoms with Gasteiger partial charge in [-0.1, -0.05) is 23.9 Å². The van der Waals surface area contributed by atoms with Crippen molar-refractivity contribution in [3.05, 3.63) is 36.0 Å². The van der Waals surface area contributed by atoms with Gasteiger partial charge in [0.15, 0.2) is 5.82 Å². The van der Waals surface area contributed by atoms with Crippen molar-refractivity contribution in [2.45, 2.75) is 31.1 Å². The number of nitrogens with one attached hydrogen (secondary N) is 2. The highest BCUT2D eigenvalue weighted by Crippen LogP contribution is 2.42. The molecule has 4 rings (SSSR count). The first-order chi connectivity index (χ1) is 16.5. The van der Waals surface area contributed by atoms with Gasteiger partial charge in [0, 0.05) is 48.1 Å². The molecule has 2 aliphatic rings. The van der Waals surface area contributed by atoms with Crippen LogP contribution in [0.15, 0.2) is 30.3 Å². The van der Waals surface area contributed by atoms with Crippen molar-refractivity contribution >= 4 is 28.6 Å². The second-order valence-electron chi connectivity index (χ2n) is 8.65. The summed E-state index contributed by atoms with van der Waals surface area (Å²) in [5, 5.41) is 14.1. The quantitative estimate of drug-likeness (QED) is 0.478. The number of anilines is 2. The Bertz CT molecular complexity index is 1010. The summed E-state index contributed by atoms with van der Waals surface area (Å²) in [6.45, 7) is 2.69. The highest BCUT2D eigenvalue weighted by molar-refractivity contribution is 7.79. The van der Waals surface area contributed by atoms with Gasteiger partial charge < -0.3 is 29.9 Å². The predicted molar refractivity (Wildman–Crippen MR) is 129 cm³/mol. The third-order valence-corrected chi connectivity index (χ3v) is 7.13. The molecule has 34 heavy (non-hydrogen) atoms. The zero-order valence-electron chi connectivity index (χ0n) is 19.0. The molecular formula is C23H30N5O5S-. The zero-order chi connectivity index (χ0) is 24.0. The molecule has 1 saturated heterocycles. The molecule has 2 aromatic rings. The maximum atomic E-state index is 11.8. The van der Waals surface area contributed by atoms with Gasteiger partial charge in [0.05, 0.1) is 25.5 Å². The number of aliphatic hydroxyl groups excluding tert-OH is 1. The first kappa shape index (κ1) is 24.5. The lowest BCUT2D eigenvalue weighted by atomic mass is 9.84. The van der Waals surface area contributed by atoms with E-state index in [9.17, 15) is 13.6 Å². The second kappa shape index (κ2) is 11.2. The van der Waals surface area contributed by atoms with E-state index in [0.717, 1.165) is 42.8 Å². The van der Waals surface area contributed by atoms with Crippen LogP contribution in [0.1, 0.15) is 31.4 Å². The third kappa shape index (κ3) is 5.90. The van der Waals surface area contributed by atoms with Gasteiger partial charge in [-0.25, -0.2) is 14.8 Å². The van der Waals surface area contributed by atoms with Crippen molar-refractivity contribution in [1.82, 2.24) is 15.3 Å². The Balaban J connectivity index is 1.66. The number of amides is 2. The third-order valence-electron chi connectivity index (χ3n) is 6.34. The molecule has 2 heterocycles. The normalized spacial score (nSPS) is 18.5. The average Bonchev–Trinajstić information content (AvgIpc) is 3.32. The lowest BCUT2D eigenvalue weighted by molar-refractivity contribution is 0.122. The molecule has 1 aromatic heterocycles. The lowest BCUT2D eigenvalue weighted by Crippen LogP contribution is -2.38. The van der Waals surface area contributed by atoms with E-state index in [1.165, 1.54) is 0 Å². The first-order valence-electron chi connectivity index (χ1n) is 11.5. The number of aliphatic hydroxyl groups is 1. The van der Waals surface area contributed by atoms with Crippen LogP contribution < -0.4 is 15.5 Å². The highest BCUT2D eigenvalue weighted by atomic mass is 32.2. The number of nitrogens with zero attached hydrogens (tertiary/aromatic N) is 3. The van der Waals surface area contributed by atoms with Crippen LogP contribution in [0.25, 0.3) is 11.4 Å². The fourth-order valence-electron chi connectivity index (χ4n) is 4.59. The number of morpholine rings is 1. The van der Waals surface area contributed by atoms with Crippen LogP contribution in [0.4, 0.5) is 16.3 Å². The average molecular weight is 489 g/mol. The van der Waals surface area contributed by atoms with Gasteiger partial charge in [0.25, 0.3) is 0 Å². The topological polar surface area (TPSA) is 140 Å². The van der Waals surface area contributed by atoms with Crippen molar-refractivity contribution in [3.63, 3.8) is 0 Å². The number of hydrogen-bond donors (Lipinski definition) is 3. The van der Waals surface area contributed by atoms with E-state index >= 15 is 0 Å². The molecule has 1 atom stereocenters. The van der Waals surface area contributed by atoms with Crippen molar-refractivity contribution in [1.29, 1.82) is 0 Å². The molecule has 1 saturated carbocycles.